The fourth-order valence-electron chi connectivity index (χ4n) is 1.18. The first-order valence-electron chi connectivity index (χ1n) is 4.70. The maximum absolute atomic E-state index is 11.7. The minimum absolute atomic E-state index is 0.0213. The monoisotopic (exact) mass is 279 g/mol. The second kappa shape index (κ2) is 5.03. The molecule has 8 heteroatoms. The number of benzene rings is 1. The van der Waals surface area contributed by atoms with E-state index in [4.69, 9.17) is 4.55 Å². The zero-order valence-corrected chi connectivity index (χ0v) is 10.8. The minimum atomic E-state index is -4.28. The Hall–Kier alpha value is -1.12. The van der Waals surface area contributed by atoms with E-state index < -0.39 is 31.5 Å². The summed E-state index contributed by atoms with van der Waals surface area (Å²) < 4.78 is 53.0. The van der Waals surface area contributed by atoms with Gasteiger partial charge in [-0.05, 0) is 18.2 Å². The molecule has 6 nitrogen and oxygen atoms in total. The van der Waals surface area contributed by atoms with Gasteiger partial charge >= 0.3 is 0 Å². The molecule has 0 fully saturated rings. The molecule has 0 amide bonds. The molecule has 96 valence electrons. The highest BCUT2D eigenvalue weighted by atomic mass is 32.2. The van der Waals surface area contributed by atoms with Crippen molar-refractivity contribution in [3.8, 4) is 0 Å². The van der Waals surface area contributed by atoms with Gasteiger partial charge in [0.25, 0.3) is 10.1 Å². The quantitative estimate of drug-likeness (QED) is 0.756. The van der Waals surface area contributed by atoms with Crippen LogP contribution in [0.1, 0.15) is 0 Å². The predicted molar refractivity (Wildman–Crippen MR) is 64.5 cm³/mol. The van der Waals surface area contributed by atoms with Gasteiger partial charge in [0.05, 0.1) is 16.4 Å². The van der Waals surface area contributed by atoms with Crippen molar-refractivity contribution in [2.24, 2.45) is 0 Å². The summed E-state index contributed by atoms with van der Waals surface area (Å²) in [4.78, 5) is 0.0213. The zero-order valence-electron chi connectivity index (χ0n) is 9.12. The van der Waals surface area contributed by atoms with Crippen molar-refractivity contribution < 1.29 is 21.4 Å². The largest absolute Gasteiger partial charge is 0.388 e. The Balaban J connectivity index is 2.97. The van der Waals surface area contributed by atoms with Crippen molar-refractivity contribution in [3.63, 3.8) is 0 Å². The molecule has 1 aromatic carbocycles. The first-order valence-corrected chi connectivity index (χ1v) is 7.96. The predicted octanol–water partition coefficient (Wildman–Crippen LogP) is 0.390. The van der Waals surface area contributed by atoms with Gasteiger partial charge in [0.15, 0.2) is 9.84 Å². The third-order valence-electron chi connectivity index (χ3n) is 2.09. The number of sulfone groups is 1. The number of anilines is 1. The van der Waals surface area contributed by atoms with Crippen LogP contribution in [0.25, 0.3) is 0 Å². The fourth-order valence-corrected chi connectivity index (χ4v) is 3.73. The van der Waals surface area contributed by atoms with Crippen LogP contribution in [0.4, 0.5) is 5.69 Å². The van der Waals surface area contributed by atoms with Crippen LogP contribution in [0.5, 0.6) is 0 Å². The maximum atomic E-state index is 11.7. The van der Waals surface area contributed by atoms with Crippen LogP contribution in [0.3, 0.4) is 0 Å². The van der Waals surface area contributed by atoms with Gasteiger partial charge in [0, 0.05) is 12.7 Å². The van der Waals surface area contributed by atoms with Crippen LogP contribution >= 0.6 is 0 Å². The molecule has 0 aliphatic carbocycles. The smallest absolute Gasteiger partial charge is 0.265 e. The molecule has 0 unspecified atom stereocenters. The van der Waals surface area contributed by atoms with Gasteiger partial charge in [-0.3, -0.25) is 4.55 Å². The number of hydrogen-bond acceptors (Lipinski definition) is 5. The zero-order chi connectivity index (χ0) is 13.1. The molecule has 0 aliphatic heterocycles. The lowest BCUT2D eigenvalue weighted by Crippen LogP contribution is -2.16. The van der Waals surface area contributed by atoms with Crippen molar-refractivity contribution in [2.75, 3.05) is 23.9 Å². The molecule has 0 heterocycles. The molecule has 0 spiro atoms. The van der Waals surface area contributed by atoms with E-state index in [-0.39, 0.29) is 4.90 Å². The molecule has 0 aliphatic rings. The lowest BCUT2D eigenvalue weighted by Gasteiger charge is -2.05. The molecule has 2 N–H and O–H groups in total. The molecule has 0 aromatic heterocycles. The second-order valence-electron chi connectivity index (χ2n) is 3.38. The second-order valence-corrected chi connectivity index (χ2v) is 7.06. The van der Waals surface area contributed by atoms with Crippen LogP contribution < -0.4 is 5.32 Å². The van der Waals surface area contributed by atoms with Crippen LogP contribution in [0, 0.1) is 0 Å². The molecule has 1 rings (SSSR count). The highest BCUT2D eigenvalue weighted by molar-refractivity contribution is 7.93. The van der Waals surface area contributed by atoms with E-state index in [2.05, 4.69) is 5.32 Å². The standard InChI is InChI=1S/C9H13NO5S2/c1-10-8-3-2-4-9(7-8)16(11,12)5-6-17(13,14)15/h2-4,7,10H,5-6H2,1H3,(H,13,14,15). The van der Waals surface area contributed by atoms with E-state index in [9.17, 15) is 16.8 Å². The summed E-state index contributed by atoms with van der Waals surface area (Å²) in [6.07, 6.45) is 0. The van der Waals surface area contributed by atoms with Crippen molar-refractivity contribution >= 4 is 25.6 Å². The summed E-state index contributed by atoms with van der Waals surface area (Å²) in [5.74, 6) is -1.45. The van der Waals surface area contributed by atoms with Gasteiger partial charge in [-0.15, -0.1) is 0 Å². The molecule has 0 atom stereocenters. The van der Waals surface area contributed by atoms with Gasteiger partial charge in [-0.25, -0.2) is 8.42 Å². The normalized spacial score (nSPS) is 12.4. The highest BCUT2D eigenvalue weighted by Gasteiger charge is 2.18. The molecular weight excluding hydrogens is 266 g/mol. The van der Waals surface area contributed by atoms with Crippen LogP contribution in [0.2, 0.25) is 0 Å². The molecule has 0 radical (unpaired) electrons. The Morgan fingerprint density at radius 1 is 1.18 bits per heavy atom. The van der Waals surface area contributed by atoms with Gasteiger partial charge in [-0.1, -0.05) is 6.07 Å². The minimum Gasteiger partial charge on any atom is -0.388 e. The Kier molecular flexibility index (Phi) is 4.12. The van der Waals surface area contributed by atoms with E-state index in [0.29, 0.717) is 5.69 Å². The SMILES string of the molecule is CNc1cccc(S(=O)(=O)CCS(=O)(=O)O)c1. The Labute approximate surface area is 100 Å². The summed E-state index contributed by atoms with van der Waals surface area (Å²) in [5.41, 5.74) is 0.609. The van der Waals surface area contributed by atoms with Crippen molar-refractivity contribution in [1.82, 2.24) is 0 Å². The van der Waals surface area contributed by atoms with Crippen molar-refractivity contribution in [3.05, 3.63) is 24.3 Å². The van der Waals surface area contributed by atoms with E-state index in [1.54, 1.807) is 19.2 Å². The average molecular weight is 279 g/mol. The summed E-state index contributed by atoms with van der Waals surface area (Å²) in [6, 6.07) is 6.01. The lowest BCUT2D eigenvalue weighted by molar-refractivity contribution is 0.484. The first kappa shape index (κ1) is 13.9. The van der Waals surface area contributed by atoms with Gasteiger partial charge < -0.3 is 5.32 Å². The van der Waals surface area contributed by atoms with Crippen LogP contribution in [0.15, 0.2) is 29.2 Å². The summed E-state index contributed by atoms with van der Waals surface area (Å²) in [7, 11) is -6.34. The number of rotatable bonds is 5. The van der Waals surface area contributed by atoms with Gasteiger partial charge in [0.2, 0.25) is 0 Å². The topological polar surface area (TPSA) is 101 Å². The molecule has 0 saturated carbocycles. The third-order valence-corrected chi connectivity index (χ3v) is 4.78. The summed E-state index contributed by atoms with van der Waals surface area (Å²) >= 11 is 0. The average Bonchev–Trinajstić information content (AvgIpc) is 2.26. The lowest BCUT2D eigenvalue weighted by atomic mass is 10.3. The van der Waals surface area contributed by atoms with Gasteiger partial charge in [-0.2, -0.15) is 8.42 Å². The Morgan fingerprint density at radius 2 is 1.82 bits per heavy atom. The van der Waals surface area contributed by atoms with Crippen LogP contribution in [-0.2, 0) is 20.0 Å². The Morgan fingerprint density at radius 3 is 2.35 bits per heavy atom. The van der Waals surface area contributed by atoms with E-state index in [1.807, 2.05) is 0 Å². The fraction of sp³-hybridized carbons (Fsp3) is 0.333. The summed E-state index contributed by atoms with van der Waals surface area (Å²) in [5, 5.41) is 2.78. The van der Waals surface area contributed by atoms with Crippen molar-refractivity contribution in [2.45, 2.75) is 4.90 Å². The van der Waals surface area contributed by atoms with Gasteiger partial charge in [0.1, 0.15) is 0 Å². The first-order chi connectivity index (χ1) is 7.74. The molecular formula is C9H13NO5S2. The third kappa shape index (κ3) is 4.33. The van der Waals surface area contributed by atoms with E-state index in [0.717, 1.165) is 0 Å². The Bertz CT molecular complexity index is 592. The maximum Gasteiger partial charge on any atom is 0.265 e. The number of hydrogen-bond donors (Lipinski definition) is 2. The van der Waals surface area contributed by atoms with Crippen LogP contribution in [-0.4, -0.2) is 39.9 Å². The molecule has 17 heavy (non-hydrogen) atoms. The molecule has 0 bridgehead atoms. The summed E-state index contributed by atoms with van der Waals surface area (Å²) in [6.45, 7) is 0. The number of nitrogens with one attached hydrogen (secondary N) is 1. The van der Waals surface area contributed by atoms with E-state index in [1.165, 1.54) is 12.1 Å². The molecule has 0 saturated heterocycles. The van der Waals surface area contributed by atoms with Crippen molar-refractivity contribution in [1.29, 1.82) is 0 Å². The molecule has 1 aromatic rings. The van der Waals surface area contributed by atoms with E-state index >= 15 is 0 Å². The highest BCUT2D eigenvalue weighted by Crippen LogP contribution is 2.16.